The summed E-state index contributed by atoms with van der Waals surface area (Å²) in [4.78, 5) is 25.3. The molecule has 0 spiro atoms. The van der Waals surface area contributed by atoms with Gasteiger partial charge in [-0.3, -0.25) is 4.79 Å². The van der Waals surface area contributed by atoms with Crippen molar-refractivity contribution in [3.05, 3.63) is 92.6 Å². The fraction of sp³-hybridized carbons (Fsp3) is 0.120. The van der Waals surface area contributed by atoms with E-state index in [2.05, 4.69) is 15.9 Å². The van der Waals surface area contributed by atoms with E-state index in [9.17, 15) is 9.59 Å². The first-order valence-electron chi connectivity index (χ1n) is 9.88. The first-order valence-corrected chi connectivity index (χ1v) is 10.7. The summed E-state index contributed by atoms with van der Waals surface area (Å²) >= 11 is 3.48. The molecule has 3 aromatic rings. The smallest absolute Gasteiger partial charge is 0.343 e. The molecule has 0 saturated carbocycles. The van der Waals surface area contributed by atoms with Gasteiger partial charge in [-0.05, 0) is 49.4 Å². The SMILES string of the molecule is Cc1ccc(C(=O)Oc2ccc3c(c2)O/C(=C\c2cc(Br)cc4c2OCOC4)C3=O)cc1. The Labute approximate surface area is 192 Å². The third-order valence-corrected chi connectivity index (χ3v) is 5.59. The largest absolute Gasteiger partial charge is 0.467 e. The van der Waals surface area contributed by atoms with Crippen LogP contribution in [0, 0.1) is 6.92 Å². The Hall–Kier alpha value is -3.42. The lowest BCUT2D eigenvalue weighted by atomic mass is 10.1. The molecule has 3 aromatic carbocycles. The fourth-order valence-corrected chi connectivity index (χ4v) is 4.07. The zero-order chi connectivity index (χ0) is 22.2. The number of carbonyl (C=O) groups excluding carboxylic acids is 2. The summed E-state index contributed by atoms with van der Waals surface area (Å²) in [5.74, 6) is 0.721. The second-order valence-electron chi connectivity index (χ2n) is 7.45. The number of hydrogen-bond donors (Lipinski definition) is 0. The molecule has 0 unspecified atom stereocenters. The topological polar surface area (TPSA) is 71.1 Å². The highest BCUT2D eigenvalue weighted by Gasteiger charge is 2.29. The highest BCUT2D eigenvalue weighted by molar-refractivity contribution is 9.10. The van der Waals surface area contributed by atoms with Crippen molar-refractivity contribution >= 4 is 33.8 Å². The molecule has 0 aromatic heterocycles. The van der Waals surface area contributed by atoms with Crippen LogP contribution in [-0.2, 0) is 11.3 Å². The Morgan fingerprint density at radius 3 is 2.72 bits per heavy atom. The summed E-state index contributed by atoms with van der Waals surface area (Å²) in [7, 11) is 0. The standard InChI is InChI=1S/C25H17BrO6/c1-14-2-4-15(5-3-14)25(28)31-19-6-7-20-21(11-19)32-22(23(20)27)10-16-8-18(26)9-17-12-29-13-30-24(16)17/h2-11H,12-13H2,1H3/b22-10-. The van der Waals surface area contributed by atoms with Crippen LogP contribution in [0.3, 0.4) is 0 Å². The van der Waals surface area contributed by atoms with Gasteiger partial charge in [0.25, 0.3) is 0 Å². The van der Waals surface area contributed by atoms with Crippen LogP contribution in [0.4, 0.5) is 0 Å². The third kappa shape index (κ3) is 3.92. The van der Waals surface area contributed by atoms with Crippen molar-refractivity contribution in [1.29, 1.82) is 0 Å². The molecule has 0 atom stereocenters. The van der Waals surface area contributed by atoms with E-state index in [1.165, 1.54) is 0 Å². The minimum Gasteiger partial charge on any atom is -0.467 e. The average Bonchev–Trinajstić information content (AvgIpc) is 3.08. The number of Topliss-reactive ketones (excluding diaryl/α,β-unsaturated/α-hetero) is 1. The van der Waals surface area contributed by atoms with Gasteiger partial charge in [-0.1, -0.05) is 33.6 Å². The quantitative estimate of drug-likeness (QED) is 0.274. The van der Waals surface area contributed by atoms with E-state index in [1.807, 2.05) is 31.2 Å². The van der Waals surface area contributed by atoms with Crippen LogP contribution in [-0.4, -0.2) is 18.5 Å². The first kappa shape index (κ1) is 20.5. The zero-order valence-electron chi connectivity index (χ0n) is 17.0. The third-order valence-electron chi connectivity index (χ3n) is 5.13. The van der Waals surface area contributed by atoms with Crippen molar-refractivity contribution in [2.75, 3.05) is 6.79 Å². The van der Waals surface area contributed by atoms with E-state index in [0.717, 1.165) is 15.6 Å². The van der Waals surface area contributed by atoms with Crippen LogP contribution in [0.2, 0.25) is 0 Å². The molecule has 6 nitrogen and oxygen atoms in total. The Morgan fingerprint density at radius 1 is 1.09 bits per heavy atom. The second kappa shape index (κ2) is 8.26. The van der Waals surface area contributed by atoms with Crippen LogP contribution in [0.25, 0.3) is 6.08 Å². The normalized spacial score (nSPS) is 15.6. The number of hydrogen-bond acceptors (Lipinski definition) is 6. The lowest BCUT2D eigenvalue weighted by Gasteiger charge is -2.20. The van der Waals surface area contributed by atoms with Gasteiger partial charge in [0.15, 0.2) is 12.6 Å². The Balaban J connectivity index is 1.40. The molecular formula is C25H17BrO6. The van der Waals surface area contributed by atoms with E-state index in [1.54, 1.807) is 36.4 Å². The number of rotatable bonds is 3. The monoisotopic (exact) mass is 492 g/mol. The molecule has 5 rings (SSSR count). The number of carbonyl (C=O) groups is 2. The summed E-state index contributed by atoms with van der Waals surface area (Å²) in [6.45, 7) is 2.52. The summed E-state index contributed by atoms with van der Waals surface area (Å²) in [6.07, 6.45) is 1.65. The van der Waals surface area contributed by atoms with Gasteiger partial charge in [0.2, 0.25) is 5.78 Å². The lowest BCUT2D eigenvalue weighted by Crippen LogP contribution is -2.12. The van der Waals surface area contributed by atoms with Crippen LogP contribution < -0.4 is 14.2 Å². The van der Waals surface area contributed by atoms with Crippen molar-refractivity contribution in [3.8, 4) is 17.2 Å². The Morgan fingerprint density at radius 2 is 1.91 bits per heavy atom. The van der Waals surface area contributed by atoms with Crippen LogP contribution in [0.1, 0.15) is 37.4 Å². The number of ketones is 1. The summed E-state index contributed by atoms with van der Waals surface area (Å²) < 4.78 is 23.1. The van der Waals surface area contributed by atoms with E-state index in [-0.39, 0.29) is 18.3 Å². The van der Waals surface area contributed by atoms with Gasteiger partial charge in [-0.2, -0.15) is 0 Å². The molecule has 160 valence electrons. The zero-order valence-corrected chi connectivity index (χ0v) is 18.6. The fourth-order valence-electron chi connectivity index (χ4n) is 3.54. The van der Waals surface area contributed by atoms with Gasteiger partial charge in [0.1, 0.15) is 17.2 Å². The van der Waals surface area contributed by atoms with E-state index >= 15 is 0 Å². The molecular weight excluding hydrogens is 476 g/mol. The number of aryl methyl sites for hydroxylation is 1. The maximum atomic E-state index is 12.9. The minimum atomic E-state index is -0.481. The molecule has 32 heavy (non-hydrogen) atoms. The van der Waals surface area contributed by atoms with E-state index < -0.39 is 5.97 Å². The molecule has 0 amide bonds. The highest BCUT2D eigenvalue weighted by Crippen LogP contribution is 2.38. The Kier molecular flexibility index (Phi) is 5.28. The number of benzene rings is 3. The maximum absolute atomic E-state index is 12.9. The second-order valence-corrected chi connectivity index (χ2v) is 8.36. The minimum absolute atomic E-state index is 0.148. The van der Waals surface area contributed by atoms with Crippen molar-refractivity contribution in [3.63, 3.8) is 0 Å². The summed E-state index contributed by atoms with van der Waals surface area (Å²) in [6, 6.07) is 15.6. The average molecular weight is 493 g/mol. The molecule has 2 aliphatic heterocycles. The maximum Gasteiger partial charge on any atom is 0.343 e. The predicted molar refractivity (Wildman–Crippen MR) is 120 cm³/mol. The highest BCUT2D eigenvalue weighted by atomic mass is 79.9. The molecule has 0 N–H and O–H groups in total. The van der Waals surface area contributed by atoms with Crippen LogP contribution in [0.5, 0.6) is 17.2 Å². The van der Waals surface area contributed by atoms with Crippen molar-refractivity contribution < 1.29 is 28.5 Å². The molecule has 0 radical (unpaired) electrons. The number of halogens is 1. The van der Waals surface area contributed by atoms with E-state index in [0.29, 0.717) is 40.5 Å². The predicted octanol–water partition coefficient (Wildman–Crippen LogP) is 5.46. The van der Waals surface area contributed by atoms with Gasteiger partial charge >= 0.3 is 5.97 Å². The summed E-state index contributed by atoms with van der Waals surface area (Å²) in [5, 5.41) is 0. The van der Waals surface area contributed by atoms with Crippen molar-refractivity contribution in [2.24, 2.45) is 0 Å². The molecule has 2 heterocycles. The Bertz CT molecular complexity index is 1280. The first-order chi connectivity index (χ1) is 15.5. The van der Waals surface area contributed by atoms with Gasteiger partial charge in [0, 0.05) is 21.7 Å². The number of fused-ring (bicyclic) bond motifs is 2. The van der Waals surface area contributed by atoms with Crippen LogP contribution in [0.15, 0.2) is 64.8 Å². The lowest BCUT2D eigenvalue weighted by molar-refractivity contribution is -0.0165. The van der Waals surface area contributed by atoms with Crippen molar-refractivity contribution in [2.45, 2.75) is 13.5 Å². The molecule has 0 saturated heterocycles. The molecule has 7 heteroatoms. The molecule has 0 aliphatic carbocycles. The van der Waals surface area contributed by atoms with E-state index in [4.69, 9.17) is 18.9 Å². The summed E-state index contributed by atoms with van der Waals surface area (Å²) in [5.41, 5.74) is 3.48. The van der Waals surface area contributed by atoms with Crippen molar-refractivity contribution in [1.82, 2.24) is 0 Å². The number of esters is 1. The number of allylic oxidation sites excluding steroid dienone is 1. The van der Waals surface area contributed by atoms with Gasteiger partial charge in [-0.25, -0.2) is 4.79 Å². The molecule has 2 aliphatic rings. The molecule has 0 fully saturated rings. The van der Waals surface area contributed by atoms with Gasteiger partial charge in [-0.15, -0.1) is 0 Å². The van der Waals surface area contributed by atoms with Gasteiger partial charge in [0.05, 0.1) is 17.7 Å². The van der Waals surface area contributed by atoms with Crippen LogP contribution >= 0.6 is 15.9 Å². The number of ether oxygens (including phenoxy) is 4. The molecule has 0 bridgehead atoms. The van der Waals surface area contributed by atoms with Gasteiger partial charge < -0.3 is 18.9 Å².